The molecule has 0 spiro atoms. The number of nitrogens with one attached hydrogen (secondary N) is 1. The quantitative estimate of drug-likeness (QED) is 0.0820. The molecule has 14 nitrogen and oxygen atoms in total. The molecule has 344 valence electrons. The number of nitrogens with zero attached hydrogens (tertiary/aromatic N) is 7. The summed E-state index contributed by atoms with van der Waals surface area (Å²) in [4.78, 5) is 49.2. The summed E-state index contributed by atoms with van der Waals surface area (Å²) >= 11 is 18.4. The maximum absolute atomic E-state index is 16.2. The lowest BCUT2D eigenvalue weighted by Crippen LogP contribution is -2.42. The zero-order valence-electron chi connectivity index (χ0n) is 36.3. The Hall–Kier alpha value is -6.23. The Labute approximate surface area is 394 Å². The minimum Gasteiger partial charge on any atom is -0.493 e. The van der Waals surface area contributed by atoms with Gasteiger partial charge in [0.1, 0.15) is 36.5 Å². The number of hydrogen-bond donors (Lipinski definition) is 1. The summed E-state index contributed by atoms with van der Waals surface area (Å²) in [5.74, 6) is 0.881. The van der Waals surface area contributed by atoms with Crippen LogP contribution in [0.5, 0.6) is 23.0 Å². The molecule has 4 aromatic carbocycles. The lowest BCUT2D eigenvalue weighted by molar-refractivity contribution is -0.132. The van der Waals surface area contributed by atoms with Crippen molar-refractivity contribution in [2.45, 2.75) is 51.2 Å². The summed E-state index contributed by atoms with van der Waals surface area (Å²) in [6, 6.07) is 13.1. The molecule has 66 heavy (non-hydrogen) atoms. The van der Waals surface area contributed by atoms with Crippen molar-refractivity contribution in [2.75, 3.05) is 57.2 Å². The number of likely N-dealkylation sites (tertiary alicyclic amines) is 2. The van der Waals surface area contributed by atoms with Crippen molar-refractivity contribution in [3.05, 3.63) is 106 Å². The number of fused-ring (bicyclic) bond motifs is 2. The number of benzene rings is 4. The lowest BCUT2D eigenvalue weighted by atomic mass is 10.1. The molecule has 2 aliphatic rings. The lowest BCUT2D eigenvalue weighted by Gasteiger charge is -2.33. The van der Waals surface area contributed by atoms with Crippen molar-refractivity contribution in [1.82, 2.24) is 29.7 Å². The van der Waals surface area contributed by atoms with E-state index in [1.165, 1.54) is 45.1 Å². The van der Waals surface area contributed by atoms with Crippen molar-refractivity contribution >= 4 is 91.4 Å². The van der Waals surface area contributed by atoms with Crippen molar-refractivity contribution in [1.29, 1.82) is 0 Å². The Morgan fingerprint density at radius 3 is 1.97 bits per heavy atom. The summed E-state index contributed by atoms with van der Waals surface area (Å²) in [5.41, 5.74) is 1.56. The molecule has 2 amide bonds. The summed E-state index contributed by atoms with van der Waals surface area (Å²) in [6.07, 6.45) is 5.80. The number of amides is 2. The van der Waals surface area contributed by atoms with Crippen LogP contribution >= 0.6 is 34.8 Å². The number of carbonyl (C=O) groups is 2. The smallest absolute Gasteiger partial charge is 0.245 e. The number of halogens is 5. The number of anilines is 4. The zero-order valence-corrected chi connectivity index (χ0v) is 38.5. The summed E-state index contributed by atoms with van der Waals surface area (Å²) in [5, 5.41) is 4.20. The molecule has 0 radical (unpaired) electrons. The van der Waals surface area contributed by atoms with Crippen LogP contribution in [0.3, 0.4) is 0 Å². The van der Waals surface area contributed by atoms with Crippen molar-refractivity contribution < 1.29 is 37.3 Å². The molecular weight excluding hydrogens is 917 g/mol. The highest BCUT2D eigenvalue weighted by Gasteiger charge is 2.29. The first-order valence-electron chi connectivity index (χ1n) is 21.2. The number of ether oxygens (including phenoxy) is 4. The highest BCUT2D eigenvalue weighted by molar-refractivity contribution is 6.42. The standard InChI is InChI=1S/C47H45Cl3F2N8O6/c1-5-41(61)58-15-10-27(11-16-58)66-40-21-30-35(23-38(40)64-4)54-25-56-47(30)60(36-9-7-31(48)26(2)44(36)51)19-14-42(62)59-17-12-28(13-18-59)65-39-20-29-34(22-37(39)63-3)53-24-55-46(29)57-33-8-6-32(49)43(50)45(33)52/h5-9,20-25,27-28H,1,10-19H2,2-4H3,(H,53,55,57). The Kier molecular flexibility index (Phi) is 14.1. The average molecular weight is 962 g/mol. The third-order valence-corrected chi connectivity index (χ3v) is 13.0. The number of methoxy groups -OCH3 is 2. The van der Waals surface area contributed by atoms with Gasteiger partial charge in [-0.2, -0.15) is 0 Å². The van der Waals surface area contributed by atoms with Crippen LogP contribution < -0.4 is 29.2 Å². The second kappa shape index (κ2) is 20.1. The Morgan fingerprint density at radius 2 is 1.35 bits per heavy atom. The Balaban J connectivity index is 0.988. The SMILES string of the molecule is C=CC(=O)N1CCC(Oc2cc3c(N(CCC(=O)N4CCC(Oc5cc6c(Nc7ccc(Cl)c(Cl)c7F)ncnc6cc5OC)CC4)c4ccc(Cl)c(C)c4F)ncnc3cc2OC)CC1. The summed E-state index contributed by atoms with van der Waals surface area (Å²) < 4.78 is 55.5. The maximum Gasteiger partial charge on any atom is 0.245 e. The van der Waals surface area contributed by atoms with Gasteiger partial charge in [0.25, 0.3) is 0 Å². The van der Waals surface area contributed by atoms with Gasteiger partial charge < -0.3 is 39.0 Å². The zero-order chi connectivity index (χ0) is 46.6. The van der Waals surface area contributed by atoms with Gasteiger partial charge in [-0.3, -0.25) is 9.59 Å². The molecule has 19 heteroatoms. The second-order valence-corrected chi connectivity index (χ2v) is 17.0. The van der Waals surface area contributed by atoms with Crippen LogP contribution in [0.2, 0.25) is 15.1 Å². The molecule has 0 atom stereocenters. The van der Waals surface area contributed by atoms with E-state index in [1.54, 1.807) is 58.0 Å². The topological polar surface area (TPSA) is 144 Å². The van der Waals surface area contributed by atoms with Gasteiger partial charge >= 0.3 is 0 Å². The molecule has 1 N–H and O–H groups in total. The summed E-state index contributed by atoms with van der Waals surface area (Å²) in [6.45, 7) is 7.08. The molecule has 8 rings (SSSR count). The Morgan fingerprint density at radius 1 is 0.773 bits per heavy atom. The van der Waals surface area contributed by atoms with Crippen LogP contribution in [-0.4, -0.2) is 101 Å². The van der Waals surface area contributed by atoms with E-state index in [0.29, 0.717) is 108 Å². The average Bonchev–Trinajstić information content (AvgIpc) is 3.33. The van der Waals surface area contributed by atoms with E-state index >= 15 is 4.39 Å². The molecule has 0 saturated carbocycles. The summed E-state index contributed by atoms with van der Waals surface area (Å²) in [7, 11) is 3.06. The van der Waals surface area contributed by atoms with E-state index < -0.39 is 11.6 Å². The molecular formula is C47H45Cl3F2N8O6. The molecule has 2 fully saturated rings. The number of hydrogen-bond acceptors (Lipinski definition) is 12. The first-order chi connectivity index (χ1) is 31.9. The van der Waals surface area contributed by atoms with Gasteiger partial charge in [0.15, 0.2) is 34.6 Å². The van der Waals surface area contributed by atoms with E-state index in [0.717, 1.165) is 0 Å². The van der Waals surface area contributed by atoms with E-state index in [9.17, 15) is 14.0 Å². The number of aromatic nitrogens is 4. The van der Waals surface area contributed by atoms with Gasteiger partial charge in [-0.25, -0.2) is 28.7 Å². The van der Waals surface area contributed by atoms with Gasteiger partial charge in [0.2, 0.25) is 11.8 Å². The third-order valence-electron chi connectivity index (χ3n) is 11.8. The molecule has 2 aliphatic heterocycles. The molecule has 4 heterocycles. The Bertz CT molecular complexity index is 2830. The maximum atomic E-state index is 16.2. The largest absolute Gasteiger partial charge is 0.493 e. The van der Waals surface area contributed by atoms with Crippen LogP contribution in [0.1, 0.15) is 37.7 Å². The highest BCUT2D eigenvalue weighted by atomic mass is 35.5. The van der Waals surface area contributed by atoms with E-state index in [1.807, 2.05) is 0 Å². The molecule has 0 aliphatic carbocycles. The number of rotatable bonds is 14. The van der Waals surface area contributed by atoms with Gasteiger partial charge in [-0.05, 0) is 49.4 Å². The molecule has 2 saturated heterocycles. The predicted octanol–water partition coefficient (Wildman–Crippen LogP) is 10.0. The van der Waals surface area contributed by atoms with Crippen molar-refractivity contribution in [2.24, 2.45) is 0 Å². The fourth-order valence-electron chi connectivity index (χ4n) is 8.15. The fraction of sp³-hybridized carbons (Fsp3) is 0.319. The monoisotopic (exact) mass is 960 g/mol. The second-order valence-electron chi connectivity index (χ2n) is 15.8. The minimum atomic E-state index is -0.724. The van der Waals surface area contributed by atoms with Crippen LogP contribution in [0.15, 0.2) is 73.8 Å². The van der Waals surface area contributed by atoms with Crippen molar-refractivity contribution in [3.8, 4) is 23.0 Å². The van der Waals surface area contributed by atoms with Crippen molar-refractivity contribution in [3.63, 3.8) is 0 Å². The third kappa shape index (κ3) is 9.67. The van der Waals surface area contributed by atoms with Gasteiger partial charge in [0, 0.05) is 98.3 Å². The van der Waals surface area contributed by atoms with Gasteiger partial charge in [0.05, 0.1) is 46.7 Å². The van der Waals surface area contributed by atoms with Crippen LogP contribution in [0.4, 0.5) is 31.8 Å². The van der Waals surface area contributed by atoms with Gasteiger partial charge in [-0.15, -0.1) is 0 Å². The minimum absolute atomic E-state index is 0.0212. The van der Waals surface area contributed by atoms with E-state index in [2.05, 4.69) is 31.8 Å². The predicted molar refractivity (Wildman–Crippen MR) is 250 cm³/mol. The molecule has 0 unspecified atom stereocenters. The number of carbonyl (C=O) groups excluding carboxylic acids is 2. The first kappa shape index (κ1) is 46.3. The molecule has 0 bridgehead atoms. The van der Waals surface area contributed by atoms with Crippen LogP contribution in [0, 0.1) is 18.6 Å². The molecule has 2 aromatic heterocycles. The van der Waals surface area contributed by atoms with Gasteiger partial charge in [-0.1, -0.05) is 41.4 Å². The van der Waals surface area contributed by atoms with E-state index in [4.69, 9.17) is 53.8 Å². The fourth-order valence-corrected chi connectivity index (χ4v) is 8.61. The van der Waals surface area contributed by atoms with Crippen LogP contribution in [-0.2, 0) is 9.59 Å². The van der Waals surface area contributed by atoms with E-state index in [-0.39, 0.29) is 69.0 Å². The number of piperidine rings is 2. The highest BCUT2D eigenvalue weighted by Crippen LogP contribution is 2.41. The van der Waals surface area contributed by atoms with Crippen LogP contribution in [0.25, 0.3) is 21.8 Å². The first-order valence-corrected chi connectivity index (χ1v) is 22.3. The molecule has 6 aromatic rings. The normalized spacial score (nSPS) is 14.6.